The summed E-state index contributed by atoms with van der Waals surface area (Å²) in [5.74, 6) is 0.325. The van der Waals surface area contributed by atoms with E-state index in [1.807, 2.05) is 25.7 Å². The molecule has 26 heavy (non-hydrogen) atoms. The Bertz CT molecular complexity index is 711. The molecule has 1 aromatic carbocycles. The third kappa shape index (κ3) is 4.65. The van der Waals surface area contributed by atoms with Crippen molar-refractivity contribution in [3.8, 4) is 0 Å². The Hall–Kier alpha value is -1.40. The average Bonchev–Trinajstić information content (AvgIpc) is 2.59. The summed E-state index contributed by atoms with van der Waals surface area (Å²) in [7, 11) is -3.50. The van der Waals surface area contributed by atoms with Crippen LogP contribution in [-0.2, 0) is 10.0 Å². The number of carbonyl (C=O) groups is 1. The molecule has 0 spiro atoms. The predicted molar refractivity (Wildman–Crippen MR) is 105 cm³/mol. The number of rotatable bonds is 6. The fourth-order valence-electron chi connectivity index (χ4n) is 3.42. The van der Waals surface area contributed by atoms with E-state index in [0.717, 1.165) is 19.3 Å². The van der Waals surface area contributed by atoms with Crippen molar-refractivity contribution in [2.24, 2.45) is 5.92 Å². The Balaban J connectivity index is 2.22. The van der Waals surface area contributed by atoms with Crippen molar-refractivity contribution in [2.45, 2.75) is 70.9 Å². The predicted octanol–water partition coefficient (Wildman–Crippen LogP) is 3.76. The first-order valence-electron chi connectivity index (χ1n) is 9.57. The van der Waals surface area contributed by atoms with E-state index in [4.69, 9.17) is 0 Å². The zero-order valence-corrected chi connectivity index (χ0v) is 17.4. The van der Waals surface area contributed by atoms with Crippen LogP contribution in [0, 0.1) is 5.92 Å². The maximum absolute atomic E-state index is 12.9. The fourth-order valence-corrected chi connectivity index (χ4v) is 5.12. The number of benzene rings is 1. The Morgan fingerprint density at radius 3 is 2.27 bits per heavy atom. The number of hydrogen-bond donors (Lipinski definition) is 0. The summed E-state index contributed by atoms with van der Waals surface area (Å²) >= 11 is 0. The van der Waals surface area contributed by atoms with Gasteiger partial charge in [-0.1, -0.05) is 20.3 Å². The first-order chi connectivity index (χ1) is 12.1. The highest BCUT2D eigenvalue weighted by molar-refractivity contribution is 7.89. The summed E-state index contributed by atoms with van der Waals surface area (Å²) in [6.45, 7) is 11.4. The van der Waals surface area contributed by atoms with Gasteiger partial charge >= 0.3 is 0 Å². The third-order valence-corrected chi connectivity index (χ3v) is 6.92. The Kier molecular flexibility index (Phi) is 6.86. The molecule has 0 saturated carbocycles. The van der Waals surface area contributed by atoms with Gasteiger partial charge in [0.05, 0.1) is 4.90 Å². The number of sulfonamides is 1. The maximum Gasteiger partial charge on any atom is 0.254 e. The molecule has 1 aromatic rings. The molecule has 1 aliphatic rings. The maximum atomic E-state index is 12.9. The van der Waals surface area contributed by atoms with Crippen LogP contribution in [0.4, 0.5) is 0 Å². The normalized spacial score (nSPS) is 19.1. The number of amides is 1. The van der Waals surface area contributed by atoms with E-state index in [1.165, 1.54) is 0 Å². The summed E-state index contributed by atoms with van der Waals surface area (Å²) in [5, 5.41) is 0. The summed E-state index contributed by atoms with van der Waals surface area (Å²) in [5.41, 5.74) is 0.532. The molecule has 1 fully saturated rings. The molecule has 5 nitrogen and oxygen atoms in total. The van der Waals surface area contributed by atoms with Crippen LogP contribution >= 0.6 is 0 Å². The molecule has 0 aliphatic carbocycles. The average molecular weight is 381 g/mol. The summed E-state index contributed by atoms with van der Waals surface area (Å²) < 4.78 is 27.4. The van der Waals surface area contributed by atoms with E-state index in [1.54, 1.807) is 28.6 Å². The van der Waals surface area contributed by atoms with E-state index in [9.17, 15) is 13.2 Å². The number of piperidine rings is 1. The molecule has 0 radical (unpaired) electrons. The molecule has 0 bridgehead atoms. The first-order valence-corrected chi connectivity index (χ1v) is 11.0. The molecule has 1 heterocycles. The van der Waals surface area contributed by atoms with E-state index >= 15 is 0 Å². The van der Waals surface area contributed by atoms with Gasteiger partial charge in [0, 0.05) is 30.7 Å². The Labute approximate surface area is 158 Å². The minimum Gasteiger partial charge on any atom is -0.336 e. The van der Waals surface area contributed by atoms with Crippen LogP contribution in [0.25, 0.3) is 0 Å². The van der Waals surface area contributed by atoms with Crippen LogP contribution in [0.3, 0.4) is 0 Å². The lowest BCUT2D eigenvalue weighted by atomic mass is 10.1. The van der Waals surface area contributed by atoms with Crippen molar-refractivity contribution in [3.63, 3.8) is 0 Å². The van der Waals surface area contributed by atoms with Gasteiger partial charge in [-0.15, -0.1) is 0 Å². The quantitative estimate of drug-likeness (QED) is 0.755. The lowest BCUT2D eigenvalue weighted by molar-refractivity contribution is 0.0682. The van der Waals surface area contributed by atoms with Crippen LogP contribution in [0.5, 0.6) is 0 Å². The van der Waals surface area contributed by atoms with Gasteiger partial charge in [0.25, 0.3) is 5.91 Å². The highest BCUT2D eigenvalue weighted by Gasteiger charge is 2.31. The monoisotopic (exact) mass is 380 g/mol. The van der Waals surface area contributed by atoms with Gasteiger partial charge in [-0.3, -0.25) is 4.79 Å². The van der Waals surface area contributed by atoms with Gasteiger partial charge in [0.15, 0.2) is 0 Å². The zero-order valence-electron chi connectivity index (χ0n) is 16.6. The van der Waals surface area contributed by atoms with Gasteiger partial charge in [-0.2, -0.15) is 4.31 Å². The minimum absolute atomic E-state index is 0.0255. The molecule has 6 heteroatoms. The molecule has 1 aliphatic heterocycles. The molecule has 1 unspecified atom stereocenters. The van der Waals surface area contributed by atoms with Crippen molar-refractivity contribution >= 4 is 15.9 Å². The molecular weight excluding hydrogens is 348 g/mol. The molecule has 146 valence electrons. The molecule has 1 saturated heterocycles. The first kappa shape index (κ1) is 20.9. The number of hydrogen-bond acceptors (Lipinski definition) is 3. The molecular formula is C20H32N2O3S. The summed E-state index contributed by atoms with van der Waals surface area (Å²) in [4.78, 5) is 14.9. The van der Waals surface area contributed by atoms with Crippen LogP contribution < -0.4 is 0 Å². The molecule has 0 aromatic heterocycles. The van der Waals surface area contributed by atoms with Gasteiger partial charge in [-0.05, 0) is 63.8 Å². The summed E-state index contributed by atoms with van der Waals surface area (Å²) in [6.07, 6.45) is 2.87. The van der Waals surface area contributed by atoms with E-state index < -0.39 is 10.0 Å². The zero-order chi connectivity index (χ0) is 19.5. The van der Waals surface area contributed by atoms with E-state index in [0.29, 0.717) is 24.6 Å². The van der Waals surface area contributed by atoms with Crippen LogP contribution in [-0.4, -0.2) is 48.7 Å². The third-order valence-electron chi connectivity index (χ3n) is 4.90. The highest BCUT2D eigenvalue weighted by atomic mass is 32.2. The second-order valence-electron chi connectivity index (χ2n) is 7.93. The molecule has 2 rings (SSSR count). The number of nitrogens with zero attached hydrogens (tertiary/aromatic N) is 2. The SMILES string of the molecule is CC(C)CN(C(=O)c1ccc(S(=O)(=O)N2CCCCC2C)cc1)C(C)C. The van der Waals surface area contributed by atoms with Crippen molar-refractivity contribution < 1.29 is 13.2 Å². The second kappa shape index (κ2) is 8.53. The summed E-state index contributed by atoms with van der Waals surface area (Å²) in [6, 6.07) is 6.54. The van der Waals surface area contributed by atoms with Crippen molar-refractivity contribution in [2.75, 3.05) is 13.1 Å². The van der Waals surface area contributed by atoms with Gasteiger partial charge < -0.3 is 4.90 Å². The van der Waals surface area contributed by atoms with Crippen LogP contribution in [0.1, 0.15) is 64.2 Å². The molecule has 1 amide bonds. The standard InChI is InChI=1S/C20H32N2O3S/c1-15(2)14-21(16(3)4)20(23)18-9-11-19(12-10-18)26(24,25)22-13-7-6-8-17(22)5/h9-12,15-17H,6-8,13-14H2,1-5H3. The van der Waals surface area contributed by atoms with Crippen LogP contribution in [0.15, 0.2) is 29.2 Å². The smallest absolute Gasteiger partial charge is 0.254 e. The van der Waals surface area contributed by atoms with Crippen molar-refractivity contribution in [1.82, 2.24) is 9.21 Å². The van der Waals surface area contributed by atoms with E-state index in [-0.39, 0.29) is 22.9 Å². The number of carbonyl (C=O) groups excluding carboxylic acids is 1. The molecule has 1 atom stereocenters. The van der Waals surface area contributed by atoms with Crippen molar-refractivity contribution in [1.29, 1.82) is 0 Å². The topological polar surface area (TPSA) is 57.7 Å². The Morgan fingerprint density at radius 2 is 1.77 bits per heavy atom. The van der Waals surface area contributed by atoms with Gasteiger partial charge in [0.2, 0.25) is 10.0 Å². The lowest BCUT2D eigenvalue weighted by Crippen LogP contribution is -2.42. The van der Waals surface area contributed by atoms with Gasteiger partial charge in [-0.25, -0.2) is 8.42 Å². The minimum atomic E-state index is -3.50. The lowest BCUT2D eigenvalue weighted by Gasteiger charge is -2.32. The Morgan fingerprint density at radius 1 is 1.15 bits per heavy atom. The van der Waals surface area contributed by atoms with Crippen molar-refractivity contribution in [3.05, 3.63) is 29.8 Å². The second-order valence-corrected chi connectivity index (χ2v) is 9.82. The molecule has 0 N–H and O–H groups in total. The van der Waals surface area contributed by atoms with Gasteiger partial charge in [0.1, 0.15) is 0 Å². The van der Waals surface area contributed by atoms with E-state index in [2.05, 4.69) is 13.8 Å². The largest absolute Gasteiger partial charge is 0.336 e. The van der Waals surface area contributed by atoms with Crippen LogP contribution in [0.2, 0.25) is 0 Å². The highest BCUT2D eigenvalue weighted by Crippen LogP contribution is 2.25. The fraction of sp³-hybridized carbons (Fsp3) is 0.650.